The Morgan fingerprint density at radius 3 is 2.65 bits per heavy atom. The second kappa shape index (κ2) is 11.0. The van der Waals surface area contributed by atoms with Gasteiger partial charge in [0, 0.05) is 12.1 Å². The summed E-state index contributed by atoms with van der Waals surface area (Å²) in [6.07, 6.45) is 6.08. The predicted molar refractivity (Wildman–Crippen MR) is 99.0 cm³/mol. The number of rotatable bonds is 9. The highest BCUT2D eigenvalue weighted by molar-refractivity contribution is 7.80. The number of hydrogen-bond donors (Lipinski definition) is 2. The molecule has 0 aliphatic rings. The molecule has 0 aliphatic carbocycles. The number of ether oxygens (including phenoxy) is 1. The van der Waals surface area contributed by atoms with Crippen molar-refractivity contribution in [3.8, 4) is 5.75 Å². The number of hydrogen-bond acceptors (Lipinski definition) is 3. The average molecular weight is 337 g/mol. The lowest BCUT2D eigenvalue weighted by Crippen LogP contribution is -2.39. The fraction of sp³-hybridized carbons (Fsp3) is 0.556. The van der Waals surface area contributed by atoms with Crippen LogP contribution < -0.4 is 15.4 Å². The van der Waals surface area contributed by atoms with Gasteiger partial charge in [0.25, 0.3) is 5.91 Å². The maximum absolute atomic E-state index is 12.2. The van der Waals surface area contributed by atoms with Crippen molar-refractivity contribution < 1.29 is 9.53 Å². The molecule has 0 saturated carbocycles. The Bertz CT molecular complexity index is 504. The molecule has 0 bridgehead atoms. The standard InChI is InChI=1S/C18H28N2O2S/c1-4-5-6-7-8-12-19-18(23)20-17(21)15-10-9-11-16(13-15)22-14(2)3/h9-11,13-14H,4-8,12H2,1-3H3,(H2,19,20,21,23). The monoisotopic (exact) mass is 336 g/mol. The van der Waals surface area contributed by atoms with E-state index in [1.807, 2.05) is 19.9 Å². The minimum absolute atomic E-state index is 0.0729. The molecule has 0 atom stereocenters. The summed E-state index contributed by atoms with van der Waals surface area (Å²) in [4.78, 5) is 12.2. The molecule has 128 valence electrons. The Kier molecular flexibility index (Phi) is 9.29. The van der Waals surface area contributed by atoms with Crippen LogP contribution in [-0.4, -0.2) is 23.7 Å². The van der Waals surface area contributed by atoms with E-state index in [1.165, 1.54) is 25.7 Å². The molecule has 4 nitrogen and oxygen atoms in total. The molecule has 0 radical (unpaired) electrons. The Balaban J connectivity index is 2.36. The molecule has 23 heavy (non-hydrogen) atoms. The average Bonchev–Trinajstić information content (AvgIpc) is 2.50. The van der Waals surface area contributed by atoms with E-state index in [2.05, 4.69) is 17.6 Å². The van der Waals surface area contributed by atoms with Gasteiger partial charge in [0.2, 0.25) is 0 Å². The van der Waals surface area contributed by atoms with E-state index in [9.17, 15) is 4.79 Å². The van der Waals surface area contributed by atoms with Gasteiger partial charge in [0.1, 0.15) is 5.75 Å². The zero-order valence-corrected chi connectivity index (χ0v) is 15.2. The van der Waals surface area contributed by atoms with Crippen molar-refractivity contribution in [2.45, 2.75) is 59.0 Å². The third kappa shape index (κ3) is 8.55. The Morgan fingerprint density at radius 1 is 1.22 bits per heavy atom. The van der Waals surface area contributed by atoms with Gasteiger partial charge < -0.3 is 10.1 Å². The maximum atomic E-state index is 12.2. The second-order valence-corrected chi connectivity index (χ2v) is 6.23. The summed E-state index contributed by atoms with van der Waals surface area (Å²) in [6.45, 7) is 6.89. The lowest BCUT2D eigenvalue weighted by atomic mass is 10.1. The predicted octanol–water partition coefficient (Wildman–Crippen LogP) is 4.05. The van der Waals surface area contributed by atoms with E-state index in [-0.39, 0.29) is 12.0 Å². The zero-order chi connectivity index (χ0) is 17.1. The van der Waals surface area contributed by atoms with Gasteiger partial charge in [-0.05, 0) is 50.7 Å². The number of carbonyl (C=O) groups excluding carboxylic acids is 1. The van der Waals surface area contributed by atoms with Gasteiger partial charge in [-0.25, -0.2) is 0 Å². The fourth-order valence-electron chi connectivity index (χ4n) is 2.13. The van der Waals surface area contributed by atoms with Crippen LogP contribution in [0.3, 0.4) is 0 Å². The molecule has 5 heteroatoms. The van der Waals surface area contributed by atoms with Crippen LogP contribution >= 0.6 is 12.2 Å². The van der Waals surface area contributed by atoms with E-state index in [0.717, 1.165) is 13.0 Å². The number of benzene rings is 1. The number of nitrogens with one attached hydrogen (secondary N) is 2. The van der Waals surface area contributed by atoms with Crippen molar-refractivity contribution >= 4 is 23.2 Å². The van der Waals surface area contributed by atoms with Crippen molar-refractivity contribution in [1.82, 2.24) is 10.6 Å². The van der Waals surface area contributed by atoms with Gasteiger partial charge in [-0.15, -0.1) is 0 Å². The highest BCUT2D eigenvalue weighted by atomic mass is 32.1. The van der Waals surface area contributed by atoms with Gasteiger partial charge in [-0.2, -0.15) is 0 Å². The highest BCUT2D eigenvalue weighted by Gasteiger charge is 2.09. The van der Waals surface area contributed by atoms with Gasteiger partial charge in [0.15, 0.2) is 5.11 Å². The van der Waals surface area contributed by atoms with Gasteiger partial charge in [0.05, 0.1) is 6.10 Å². The van der Waals surface area contributed by atoms with Crippen molar-refractivity contribution in [3.63, 3.8) is 0 Å². The first-order valence-electron chi connectivity index (χ1n) is 8.38. The molecule has 1 aromatic rings. The van der Waals surface area contributed by atoms with Crippen LogP contribution in [0.2, 0.25) is 0 Å². The molecular weight excluding hydrogens is 308 g/mol. The van der Waals surface area contributed by atoms with Crippen LogP contribution in [0.4, 0.5) is 0 Å². The lowest BCUT2D eigenvalue weighted by Gasteiger charge is -2.12. The van der Waals surface area contributed by atoms with Crippen molar-refractivity contribution in [1.29, 1.82) is 0 Å². The third-order valence-corrected chi connectivity index (χ3v) is 3.51. The first kappa shape index (κ1) is 19.4. The highest BCUT2D eigenvalue weighted by Crippen LogP contribution is 2.14. The quantitative estimate of drug-likeness (QED) is 0.528. The summed E-state index contributed by atoms with van der Waals surface area (Å²) < 4.78 is 5.59. The Hall–Kier alpha value is -1.62. The molecule has 0 aliphatic heterocycles. The van der Waals surface area contributed by atoms with Gasteiger partial charge >= 0.3 is 0 Å². The van der Waals surface area contributed by atoms with Crippen molar-refractivity contribution in [2.24, 2.45) is 0 Å². The zero-order valence-electron chi connectivity index (χ0n) is 14.4. The number of unbranched alkanes of at least 4 members (excludes halogenated alkanes) is 4. The summed E-state index contributed by atoms with van der Waals surface area (Å²) in [6, 6.07) is 7.11. The first-order chi connectivity index (χ1) is 11.0. The molecule has 0 heterocycles. The lowest BCUT2D eigenvalue weighted by molar-refractivity contribution is 0.0976. The summed E-state index contributed by atoms with van der Waals surface area (Å²) in [5.74, 6) is 0.463. The topological polar surface area (TPSA) is 50.4 Å². The minimum Gasteiger partial charge on any atom is -0.491 e. The fourth-order valence-corrected chi connectivity index (χ4v) is 2.33. The smallest absolute Gasteiger partial charge is 0.257 e. The van der Waals surface area contributed by atoms with Crippen molar-refractivity contribution in [2.75, 3.05) is 6.54 Å². The largest absolute Gasteiger partial charge is 0.491 e. The SMILES string of the molecule is CCCCCCCNC(=S)NC(=O)c1cccc(OC(C)C)c1. The van der Waals surface area contributed by atoms with Crippen LogP contribution in [0, 0.1) is 0 Å². The number of carbonyl (C=O) groups is 1. The molecule has 0 fully saturated rings. The second-order valence-electron chi connectivity index (χ2n) is 5.82. The number of amides is 1. The molecule has 1 aromatic carbocycles. The maximum Gasteiger partial charge on any atom is 0.257 e. The summed E-state index contributed by atoms with van der Waals surface area (Å²) in [5, 5.41) is 6.16. The molecule has 0 spiro atoms. The minimum atomic E-state index is -0.220. The van der Waals surface area contributed by atoms with E-state index in [1.54, 1.807) is 18.2 Å². The van der Waals surface area contributed by atoms with Crippen LogP contribution in [0.15, 0.2) is 24.3 Å². The van der Waals surface area contributed by atoms with E-state index in [0.29, 0.717) is 16.4 Å². The number of thiocarbonyl (C=S) groups is 1. The summed E-state index contributed by atoms with van der Waals surface area (Å²) >= 11 is 5.16. The van der Waals surface area contributed by atoms with E-state index in [4.69, 9.17) is 17.0 Å². The van der Waals surface area contributed by atoms with Crippen LogP contribution in [-0.2, 0) is 0 Å². The molecule has 0 aromatic heterocycles. The van der Waals surface area contributed by atoms with Gasteiger partial charge in [-0.1, -0.05) is 38.7 Å². The first-order valence-corrected chi connectivity index (χ1v) is 8.79. The summed E-state index contributed by atoms with van der Waals surface area (Å²) in [5.41, 5.74) is 0.537. The van der Waals surface area contributed by atoms with Crippen LogP contribution in [0.1, 0.15) is 63.2 Å². The molecule has 0 saturated heterocycles. The van der Waals surface area contributed by atoms with Crippen LogP contribution in [0.25, 0.3) is 0 Å². The normalized spacial score (nSPS) is 10.4. The van der Waals surface area contributed by atoms with E-state index < -0.39 is 0 Å². The Morgan fingerprint density at radius 2 is 1.96 bits per heavy atom. The van der Waals surface area contributed by atoms with Crippen LogP contribution in [0.5, 0.6) is 5.75 Å². The molecule has 1 rings (SSSR count). The third-order valence-electron chi connectivity index (χ3n) is 3.26. The molecule has 1 amide bonds. The molecule has 2 N–H and O–H groups in total. The van der Waals surface area contributed by atoms with Gasteiger partial charge in [-0.3, -0.25) is 10.1 Å². The Labute approximate surface area is 145 Å². The molecular formula is C18H28N2O2S. The molecule has 0 unspecified atom stereocenters. The van der Waals surface area contributed by atoms with Crippen molar-refractivity contribution in [3.05, 3.63) is 29.8 Å². The van der Waals surface area contributed by atoms with E-state index >= 15 is 0 Å². The summed E-state index contributed by atoms with van der Waals surface area (Å²) in [7, 11) is 0.